The lowest BCUT2D eigenvalue weighted by Crippen LogP contribution is -2.15. The summed E-state index contributed by atoms with van der Waals surface area (Å²) in [6, 6.07) is 0. The molecule has 4 heteroatoms. The van der Waals surface area contributed by atoms with Crippen LogP contribution in [0.3, 0.4) is 0 Å². The Hall–Kier alpha value is -0.350. The fourth-order valence-corrected chi connectivity index (χ4v) is 0.930. The summed E-state index contributed by atoms with van der Waals surface area (Å²) in [6.07, 6.45) is 4.91. The second-order valence-corrected chi connectivity index (χ2v) is 4.28. The van der Waals surface area contributed by atoms with Gasteiger partial charge in [-0.25, -0.2) is 0 Å². The molecule has 0 aromatic rings. The first kappa shape index (κ1) is 10.7. The molecular formula is C7H14O3S. The van der Waals surface area contributed by atoms with E-state index in [0.717, 1.165) is 6.42 Å². The molecule has 0 rings (SSSR count). The van der Waals surface area contributed by atoms with E-state index < -0.39 is 15.4 Å². The Labute approximate surface area is 67.9 Å². The Morgan fingerprint density at radius 2 is 2.00 bits per heavy atom. The number of hydrogen-bond acceptors (Lipinski definition) is 2. The van der Waals surface area contributed by atoms with Crippen LogP contribution in [-0.4, -0.2) is 18.2 Å². The van der Waals surface area contributed by atoms with Crippen LogP contribution in [0.15, 0.2) is 12.2 Å². The topological polar surface area (TPSA) is 54.4 Å². The van der Waals surface area contributed by atoms with Crippen molar-refractivity contribution in [2.24, 2.45) is 0 Å². The van der Waals surface area contributed by atoms with E-state index in [1.807, 2.05) is 13.0 Å². The van der Waals surface area contributed by atoms with Gasteiger partial charge >= 0.3 is 0 Å². The van der Waals surface area contributed by atoms with Crippen molar-refractivity contribution in [2.75, 3.05) is 0 Å². The van der Waals surface area contributed by atoms with Crippen molar-refractivity contribution in [3.8, 4) is 0 Å². The predicted octanol–water partition coefficient (Wildman–Crippen LogP) is 1.62. The third kappa shape index (κ3) is 4.98. The molecular weight excluding hydrogens is 164 g/mol. The summed E-state index contributed by atoms with van der Waals surface area (Å²) in [4.78, 5) is 0. The largest absolute Gasteiger partial charge is 0.285 e. The molecule has 0 aliphatic heterocycles. The maximum absolute atomic E-state index is 10.4. The smallest absolute Gasteiger partial charge is 0.267 e. The highest BCUT2D eigenvalue weighted by molar-refractivity contribution is 7.86. The summed E-state index contributed by atoms with van der Waals surface area (Å²) >= 11 is 0. The van der Waals surface area contributed by atoms with Gasteiger partial charge in [-0.05, 0) is 19.8 Å². The summed E-state index contributed by atoms with van der Waals surface area (Å²) in [5.74, 6) is 0. The van der Waals surface area contributed by atoms with Gasteiger partial charge in [0.15, 0.2) is 0 Å². The molecule has 0 aliphatic carbocycles. The van der Waals surface area contributed by atoms with E-state index >= 15 is 0 Å². The van der Waals surface area contributed by atoms with Crippen LogP contribution >= 0.6 is 0 Å². The van der Waals surface area contributed by atoms with Gasteiger partial charge in [0.25, 0.3) is 10.1 Å². The molecule has 0 aromatic carbocycles. The maximum Gasteiger partial charge on any atom is 0.267 e. The van der Waals surface area contributed by atoms with Crippen LogP contribution in [-0.2, 0) is 10.1 Å². The Balaban J connectivity index is 3.90. The third-order valence-electron chi connectivity index (χ3n) is 1.38. The van der Waals surface area contributed by atoms with Gasteiger partial charge in [-0.15, -0.1) is 0 Å². The van der Waals surface area contributed by atoms with Gasteiger partial charge in [-0.2, -0.15) is 8.42 Å². The fourth-order valence-electron chi connectivity index (χ4n) is 0.576. The third-order valence-corrected chi connectivity index (χ3v) is 2.59. The summed E-state index contributed by atoms with van der Waals surface area (Å²) in [5, 5.41) is -0.690. The maximum atomic E-state index is 10.4. The average molecular weight is 178 g/mol. The van der Waals surface area contributed by atoms with Crippen LogP contribution in [0.2, 0.25) is 0 Å². The first-order valence-electron chi connectivity index (χ1n) is 3.59. The van der Waals surface area contributed by atoms with Crippen molar-refractivity contribution in [1.82, 2.24) is 0 Å². The quantitative estimate of drug-likeness (QED) is 0.525. The molecule has 0 heterocycles. The van der Waals surface area contributed by atoms with E-state index in [0.29, 0.717) is 6.42 Å². The van der Waals surface area contributed by atoms with E-state index in [9.17, 15) is 8.42 Å². The predicted molar refractivity (Wildman–Crippen MR) is 45.1 cm³/mol. The summed E-state index contributed by atoms with van der Waals surface area (Å²) in [7, 11) is -3.83. The fraction of sp³-hybridized carbons (Fsp3) is 0.714. The molecule has 0 fully saturated rings. The lowest BCUT2D eigenvalue weighted by atomic mass is 10.3. The molecule has 0 bridgehead atoms. The molecule has 1 unspecified atom stereocenters. The Bertz CT molecular complexity index is 216. The highest BCUT2D eigenvalue weighted by atomic mass is 32.2. The minimum atomic E-state index is -3.83. The van der Waals surface area contributed by atoms with E-state index in [4.69, 9.17) is 4.55 Å². The van der Waals surface area contributed by atoms with Crippen molar-refractivity contribution in [2.45, 2.75) is 31.9 Å². The van der Waals surface area contributed by atoms with Crippen LogP contribution in [0, 0.1) is 0 Å². The zero-order valence-electron chi connectivity index (χ0n) is 6.82. The molecule has 0 spiro atoms. The van der Waals surface area contributed by atoms with Crippen molar-refractivity contribution < 1.29 is 13.0 Å². The number of allylic oxidation sites excluding steroid dienone is 2. The van der Waals surface area contributed by atoms with E-state index in [-0.39, 0.29) is 0 Å². The monoisotopic (exact) mass is 178 g/mol. The van der Waals surface area contributed by atoms with Crippen molar-refractivity contribution in [3.63, 3.8) is 0 Å². The lowest BCUT2D eigenvalue weighted by molar-refractivity contribution is 0.470. The molecule has 0 radical (unpaired) electrons. The van der Waals surface area contributed by atoms with Crippen molar-refractivity contribution >= 4 is 10.1 Å². The summed E-state index contributed by atoms with van der Waals surface area (Å²) < 4.78 is 29.4. The summed E-state index contributed by atoms with van der Waals surface area (Å²) in [5.41, 5.74) is 0. The normalized spacial score (nSPS) is 15.5. The second-order valence-electron chi connectivity index (χ2n) is 2.44. The number of hydrogen-bond donors (Lipinski definition) is 1. The molecule has 0 aromatic heterocycles. The molecule has 1 N–H and O–H groups in total. The Morgan fingerprint density at radius 3 is 2.36 bits per heavy atom. The highest BCUT2D eigenvalue weighted by Gasteiger charge is 2.14. The minimum Gasteiger partial charge on any atom is -0.285 e. The minimum absolute atomic E-state index is 0.382. The zero-order chi connectivity index (χ0) is 8.91. The molecule has 0 saturated heterocycles. The van der Waals surface area contributed by atoms with Crippen LogP contribution in [0.1, 0.15) is 26.7 Å². The molecule has 1 atom stereocenters. The van der Waals surface area contributed by atoms with Crippen LogP contribution in [0.25, 0.3) is 0 Å². The van der Waals surface area contributed by atoms with Gasteiger partial charge in [-0.1, -0.05) is 19.1 Å². The van der Waals surface area contributed by atoms with Gasteiger partial charge < -0.3 is 0 Å². The Morgan fingerprint density at radius 1 is 1.45 bits per heavy atom. The van der Waals surface area contributed by atoms with E-state index in [1.165, 1.54) is 6.92 Å². The summed E-state index contributed by atoms with van der Waals surface area (Å²) in [6.45, 7) is 3.45. The SMILES string of the molecule is CCC=CCC(C)S(=O)(=O)O. The van der Waals surface area contributed by atoms with Gasteiger partial charge in [0.2, 0.25) is 0 Å². The van der Waals surface area contributed by atoms with Gasteiger partial charge in [-0.3, -0.25) is 4.55 Å². The van der Waals surface area contributed by atoms with Gasteiger partial charge in [0.05, 0.1) is 5.25 Å². The molecule has 0 amide bonds. The van der Waals surface area contributed by atoms with Gasteiger partial charge in [0, 0.05) is 0 Å². The van der Waals surface area contributed by atoms with Crippen LogP contribution in [0.5, 0.6) is 0 Å². The van der Waals surface area contributed by atoms with E-state index in [2.05, 4.69) is 0 Å². The van der Waals surface area contributed by atoms with Crippen LogP contribution in [0.4, 0.5) is 0 Å². The lowest BCUT2D eigenvalue weighted by Gasteiger charge is -2.02. The average Bonchev–Trinajstić information content (AvgIpc) is 1.86. The van der Waals surface area contributed by atoms with Crippen molar-refractivity contribution in [1.29, 1.82) is 0 Å². The molecule has 66 valence electrons. The zero-order valence-corrected chi connectivity index (χ0v) is 7.63. The first-order valence-corrected chi connectivity index (χ1v) is 5.10. The first-order chi connectivity index (χ1) is 4.98. The molecule has 11 heavy (non-hydrogen) atoms. The molecule has 0 aliphatic rings. The highest BCUT2D eigenvalue weighted by Crippen LogP contribution is 2.03. The Kier molecular flexibility index (Phi) is 4.37. The standard InChI is InChI=1S/C7H14O3S/c1-3-4-5-6-7(2)11(8,9)10/h4-5,7H,3,6H2,1-2H3,(H,8,9,10). The van der Waals surface area contributed by atoms with Crippen LogP contribution < -0.4 is 0 Å². The molecule has 0 saturated carbocycles. The second kappa shape index (κ2) is 4.51. The van der Waals surface area contributed by atoms with E-state index in [1.54, 1.807) is 6.08 Å². The molecule has 3 nitrogen and oxygen atoms in total. The van der Waals surface area contributed by atoms with Gasteiger partial charge in [0.1, 0.15) is 0 Å². The van der Waals surface area contributed by atoms with Crippen molar-refractivity contribution in [3.05, 3.63) is 12.2 Å². The number of rotatable bonds is 4.